The van der Waals surface area contributed by atoms with Crippen LogP contribution in [0, 0.1) is 11.3 Å². The quantitative estimate of drug-likeness (QED) is 0.680. The lowest BCUT2D eigenvalue weighted by molar-refractivity contribution is -0.137. The van der Waals surface area contributed by atoms with Gasteiger partial charge < -0.3 is 15.7 Å². The number of rotatable bonds is 6. The highest BCUT2D eigenvalue weighted by Gasteiger charge is 2.32. The van der Waals surface area contributed by atoms with Crippen LogP contribution in [0.4, 0.5) is 4.79 Å². The average Bonchev–Trinajstić information content (AvgIpc) is 2.22. The number of aliphatic carboxylic acids is 1. The number of nitrogens with one attached hydrogen (secondary N) is 2. The molecule has 0 spiro atoms. The molecule has 1 aliphatic carbocycles. The van der Waals surface area contributed by atoms with Crippen LogP contribution in [-0.2, 0) is 4.79 Å². The molecule has 5 nitrogen and oxygen atoms in total. The van der Waals surface area contributed by atoms with Crippen molar-refractivity contribution in [2.24, 2.45) is 11.3 Å². The smallest absolute Gasteiger partial charge is 0.315 e. The molecular weight excluding hydrogens is 232 g/mol. The molecule has 1 atom stereocenters. The van der Waals surface area contributed by atoms with Crippen molar-refractivity contribution in [3.8, 4) is 0 Å². The maximum atomic E-state index is 11.7. The molecule has 0 aromatic carbocycles. The van der Waals surface area contributed by atoms with Crippen molar-refractivity contribution < 1.29 is 14.7 Å². The lowest BCUT2D eigenvalue weighted by Crippen LogP contribution is -2.49. The minimum absolute atomic E-state index is 0.0393. The fraction of sp³-hybridized carbons (Fsp3) is 0.846. The second-order valence-corrected chi connectivity index (χ2v) is 5.94. The Kier molecular flexibility index (Phi) is 4.99. The molecule has 104 valence electrons. The van der Waals surface area contributed by atoms with Gasteiger partial charge in [-0.3, -0.25) is 4.79 Å². The van der Waals surface area contributed by atoms with E-state index >= 15 is 0 Å². The molecule has 1 fully saturated rings. The van der Waals surface area contributed by atoms with Crippen LogP contribution >= 0.6 is 0 Å². The number of carboxylic acids is 1. The van der Waals surface area contributed by atoms with E-state index < -0.39 is 5.97 Å². The van der Waals surface area contributed by atoms with Gasteiger partial charge in [0.1, 0.15) is 0 Å². The van der Waals surface area contributed by atoms with Crippen LogP contribution in [0.15, 0.2) is 0 Å². The largest absolute Gasteiger partial charge is 0.481 e. The molecule has 18 heavy (non-hydrogen) atoms. The molecule has 5 heteroatoms. The second-order valence-electron chi connectivity index (χ2n) is 5.94. The Morgan fingerprint density at radius 1 is 1.33 bits per heavy atom. The maximum Gasteiger partial charge on any atom is 0.315 e. The maximum absolute atomic E-state index is 11.7. The van der Waals surface area contributed by atoms with Gasteiger partial charge in [-0.1, -0.05) is 27.2 Å². The van der Waals surface area contributed by atoms with Gasteiger partial charge in [-0.05, 0) is 24.2 Å². The molecule has 2 amide bonds. The molecule has 1 aliphatic rings. The third-order valence-corrected chi connectivity index (χ3v) is 3.75. The van der Waals surface area contributed by atoms with Gasteiger partial charge in [0, 0.05) is 12.6 Å². The zero-order chi connectivity index (χ0) is 13.8. The Bertz CT molecular complexity index is 311. The summed E-state index contributed by atoms with van der Waals surface area (Å²) in [7, 11) is 0. The fourth-order valence-electron chi connectivity index (χ4n) is 2.11. The van der Waals surface area contributed by atoms with Crippen LogP contribution in [0.5, 0.6) is 0 Å². The van der Waals surface area contributed by atoms with Crippen LogP contribution in [0.2, 0.25) is 0 Å². The molecule has 0 radical (unpaired) electrons. The summed E-state index contributed by atoms with van der Waals surface area (Å²) in [6.45, 7) is 6.63. The van der Waals surface area contributed by atoms with Gasteiger partial charge in [0.05, 0.1) is 6.42 Å². The number of carboxylic acid groups (broad SMARTS) is 1. The first kappa shape index (κ1) is 14.8. The van der Waals surface area contributed by atoms with Crippen LogP contribution in [0.1, 0.15) is 46.5 Å². The van der Waals surface area contributed by atoms with Crippen LogP contribution in [0.3, 0.4) is 0 Å². The van der Waals surface area contributed by atoms with Gasteiger partial charge in [-0.25, -0.2) is 4.79 Å². The number of hydrogen-bond donors (Lipinski definition) is 3. The Labute approximate surface area is 108 Å². The first-order valence-corrected chi connectivity index (χ1v) is 6.58. The molecule has 0 aromatic heterocycles. The summed E-state index contributed by atoms with van der Waals surface area (Å²) in [5.74, 6) is -0.786. The first-order chi connectivity index (χ1) is 8.32. The molecule has 1 unspecified atom stereocenters. The van der Waals surface area contributed by atoms with E-state index in [1.807, 2.05) is 13.8 Å². The van der Waals surface area contributed by atoms with Crippen molar-refractivity contribution in [2.45, 2.75) is 52.5 Å². The predicted molar refractivity (Wildman–Crippen MR) is 69.4 cm³/mol. The molecule has 1 rings (SSSR count). The van der Waals surface area contributed by atoms with Gasteiger partial charge in [0.2, 0.25) is 0 Å². The van der Waals surface area contributed by atoms with Gasteiger partial charge in [-0.2, -0.15) is 0 Å². The lowest BCUT2D eigenvalue weighted by Gasteiger charge is -2.38. The van der Waals surface area contributed by atoms with E-state index in [1.54, 1.807) is 0 Å². The van der Waals surface area contributed by atoms with E-state index in [2.05, 4.69) is 17.6 Å². The second kappa shape index (κ2) is 6.07. The van der Waals surface area contributed by atoms with E-state index in [-0.39, 0.29) is 29.8 Å². The van der Waals surface area contributed by atoms with Gasteiger partial charge in [-0.15, -0.1) is 0 Å². The van der Waals surface area contributed by atoms with Crippen molar-refractivity contribution in [1.29, 1.82) is 0 Å². The molecule has 0 aromatic rings. The molecular formula is C13H24N2O3. The zero-order valence-corrected chi connectivity index (χ0v) is 11.5. The molecule has 0 saturated heterocycles. The molecule has 0 bridgehead atoms. The average molecular weight is 256 g/mol. The van der Waals surface area contributed by atoms with Crippen molar-refractivity contribution in [3.05, 3.63) is 0 Å². The minimum Gasteiger partial charge on any atom is -0.481 e. The van der Waals surface area contributed by atoms with Gasteiger partial charge >= 0.3 is 12.0 Å². The van der Waals surface area contributed by atoms with Crippen LogP contribution < -0.4 is 10.6 Å². The van der Waals surface area contributed by atoms with Crippen molar-refractivity contribution in [1.82, 2.24) is 10.6 Å². The van der Waals surface area contributed by atoms with E-state index in [0.29, 0.717) is 6.54 Å². The molecule has 0 heterocycles. The third kappa shape index (κ3) is 4.55. The highest BCUT2D eigenvalue weighted by atomic mass is 16.4. The number of amides is 2. The van der Waals surface area contributed by atoms with Crippen LogP contribution in [-0.4, -0.2) is 29.7 Å². The number of hydrogen-bond acceptors (Lipinski definition) is 2. The zero-order valence-electron chi connectivity index (χ0n) is 11.5. The van der Waals surface area contributed by atoms with Crippen molar-refractivity contribution in [3.63, 3.8) is 0 Å². The summed E-state index contributed by atoms with van der Waals surface area (Å²) in [5, 5.41) is 14.4. The minimum atomic E-state index is -0.889. The molecule has 1 saturated carbocycles. The highest BCUT2D eigenvalue weighted by Crippen LogP contribution is 2.39. The normalized spacial score (nSPS) is 18.9. The Morgan fingerprint density at radius 2 is 1.94 bits per heavy atom. The van der Waals surface area contributed by atoms with Gasteiger partial charge in [0.25, 0.3) is 0 Å². The number of carbonyl (C=O) groups is 2. The summed E-state index contributed by atoms with van der Waals surface area (Å²) in [4.78, 5) is 22.4. The Hall–Kier alpha value is -1.26. The van der Waals surface area contributed by atoms with E-state index in [0.717, 1.165) is 12.8 Å². The summed E-state index contributed by atoms with van der Waals surface area (Å²) >= 11 is 0. The number of urea groups is 1. The standard InChI is InChI=1S/C13H24N2O3/c1-9(2)10(7-11(16)17)15-12(18)14-8-13(3)5-4-6-13/h9-10H,4-8H2,1-3H3,(H,16,17)(H2,14,15,18). The molecule has 0 aliphatic heterocycles. The monoisotopic (exact) mass is 256 g/mol. The summed E-state index contributed by atoms with van der Waals surface area (Å²) < 4.78 is 0. The van der Waals surface area contributed by atoms with Crippen molar-refractivity contribution in [2.75, 3.05) is 6.54 Å². The summed E-state index contributed by atoms with van der Waals surface area (Å²) in [6.07, 6.45) is 3.49. The van der Waals surface area contributed by atoms with E-state index in [1.165, 1.54) is 6.42 Å². The van der Waals surface area contributed by atoms with Crippen LogP contribution in [0.25, 0.3) is 0 Å². The van der Waals surface area contributed by atoms with E-state index in [4.69, 9.17) is 5.11 Å². The highest BCUT2D eigenvalue weighted by molar-refractivity contribution is 5.75. The Morgan fingerprint density at radius 3 is 2.33 bits per heavy atom. The third-order valence-electron chi connectivity index (χ3n) is 3.75. The predicted octanol–water partition coefficient (Wildman–Crippen LogP) is 1.98. The van der Waals surface area contributed by atoms with Gasteiger partial charge in [0.15, 0.2) is 0 Å². The fourth-order valence-corrected chi connectivity index (χ4v) is 2.11. The Balaban J connectivity index is 2.34. The summed E-state index contributed by atoms with van der Waals surface area (Å²) in [6, 6.07) is -0.584. The summed E-state index contributed by atoms with van der Waals surface area (Å²) in [5.41, 5.74) is 0.234. The van der Waals surface area contributed by atoms with Crippen molar-refractivity contribution >= 4 is 12.0 Å². The molecule has 3 N–H and O–H groups in total. The SMILES string of the molecule is CC(C)C(CC(=O)O)NC(=O)NCC1(C)CCC1. The lowest BCUT2D eigenvalue weighted by atomic mass is 9.70. The topological polar surface area (TPSA) is 78.4 Å². The first-order valence-electron chi connectivity index (χ1n) is 6.58. The number of carbonyl (C=O) groups excluding carboxylic acids is 1. The van der Waals surface area contributed by atoms with E-state index in [9.17, 15) is 9.59 Å².